The van der Waals surface area contributed by atoms with Gasteiger partial charge in [0.15, 0.2) is 6.04 Å². The van der Waals surface area contributed by atoms with Crippen molar-refractivity contribution in [2.75, 3.05) is 27.2 Å². The smallest absolute Gasteiger partial charge is 0.254 e. The van der Waals surface area contributed by atoms with Gasteiger partial charge in [0.25, 0.3) is 11.8 Å². The molecule has 0 fully saturated rings. The number of nitrogens with zero attached hydrogens (tertiary/aromatic N) is 2. The highest BCUT2D eigenvalue weighted by molar-refractivity contribution is 6.06. The summed E-state index contributed by atoms with van der Waals surface area (Å²) in [5, 5.41) is 2.54. The molecule has 6 heteroatoms. The van der Waals surface area contributed by atoms with Crippen molar-refractivity contribution in [2.45, 2.75) is 91.0 Å². The average Bonchev–Trinajstić information content (AvgIpc) is 2.64. The molecule has 0 spiro atoms. The Kier molecular flexibility index (Phi) is 14.6. The van der Waals surface area contributed by atoms with Crippen molar-refractivity contribution in [1.29, 1.82) is 0 Å². The molecule has 158 valence electrons. The van der Waals surface area contributed by atoms with Gasteiger partial charge < -0.3 is 15.1 Å². The molecule has 0 heterocycles. The average molecular weight is 384 g/mol. The van der Waals surface area contributed by atoms with E-state index in [1.807, 2.05) is 0 Å². The maximum Gasteiger partial charge on any atom is 0.254 e. The van der Waals surface area contributed by atoms with Crippen LogP contribution in [0.15, 0.2) is 0 Å². The lowest BCUT2D eigenvalue weighted by atomic mass is 10.1. The fraction of sp³-hybridized carbons (Fsp3) is 0.857. The minimum atomic E-state index is -1.12. The summed E-state index contributed by atoms with van der Waals surface area (Å²) in [6.07, 6.45) is 11.1. The van der Waals surface area contributed by atoms with E-state index in [2.05, 4.69) is 19.2 Å². The number of carbonyl (C=O) groups excluding carboxylic acids is 3. The van der Waals surface area contributed by atoms with Crippen LogP contribution in [0.1, 0.15) is 85.0 Å². The summed E-state index contributed by atoms with van der Waals surface area (Å²) in [4.78, 5) is 40.1. The van der Waals surface area contributed by atoms with Gasteiger partial charge in [-0.3, -0.25) is 14.4 Å². The van der Waals surface area contributed by atoms with Gasteiger partial charge in [0.1, 0.15) is 0 Å². The molecule has 0 aromatic rings. The Bertz CT molecular complexity index is 408. The van der Waals surface area contributed by atoms with Gasteiger partial charge in [-0.2, -0.15) is 0 Å². The zero-order valence-corrected chi connectivity index (χ0v) is 18.2. The molecule has 0 rings (SSSR count). The highest BCUT2D eigenvalue weighted by Crippen LogP contribution is 2.07. The van der Waals surface area contributed by atoms with Crippen LogP contribution in [0.25, 0.3) is 0 Å². The molecule has 0 aromatic carbocycles. The van der Waals surface area contributed by atoms with Crippen LogP contribution in [-0.2, 0) is 14.4 Å². The van der Waals surface area contributed by atoms with Gasteiger partial charge >= 0.3 is 0 Å². The van der Waals surface area contributed by atoms with Crippen LogP contribution in [0.3, 0.4) is 0 Å². The lowest BCUT2D eigenvalue weighted by Gasteiger charge is -2.27. The molecule has 0 saturated heterocycles. The fourth-order valence-corrected chi connectivity index (χ4v) is 3.00. The molecule has 6 nitrogen and oxygen atoms in total. The minimum absolute atomic E-state index is 0.330. The van der Waals surface area contributed by atoms with E-state index in [9.17, 15) is 14.4 Å². The lowest BCUT2D eigenvalue weighted by Crippen LogP contribution is -2.55. The van der Waals surface area contributed by atoms with Gasteiger partial charge in [0.05, 0.1) is 0 Å². The Hall–Kier alpha value is -1.59. The molecule has 27 heavy (non-hydrogen) atoms. The SMILES string of the molecule is CCCCCCCN(C)C(=O)C(NC(C)=O)C(=O)N(C)CCCCCCC. The number of unbranched alkanes of at least 4 members (excludes halogenated alkanes) is 8. The number of rotatable bonds is 15. The normalized spacial score (nSPS) is 10.7. The zero-order chi connectivity index (χ0) is 20.7. The molecule has 0 aromatic heterocycles. The largest absolute Gasteiger partial charge is 0.344 e. The van der Waals surface area contributed by atoms with E-state index in [0.717, 1.165) is 38.5 Å². The molecule has 3 amide bonds. The molecular formula is C21H41N3O3. The fourth-order valence-electron chi connectivity index (χ4n) is 3.00. The van der Waals surface area contributed by atoms with Gasteiger partial charge in [-0.25, -0.2) is 0 Å². The second-order valence-electron chi connectivity index (χ2n) is 7.48. The molecule has 0 saturated carbocycles. The summed E-state index contributed by atoms with van der Waals surface area (Å²) in [7, 11) is 3.41. The summed E-state index contributed by atoms with van der Waals surface area (Å²) >= 11 is 0. The van der Waals surface area contributed by atoms with E-state index in [4.69, 9.17) is 0 Å². The van der Waals surface area contributed by atoms with Crippen LogP contribution in [0.2, 0.25) is 0 Å². The summed E-state index contributed by atoms with van der Waals surface area (Å²) in [6, 6.07) is -1.12. The van der Waals surface area contributed by atoms with Crippen LogP contribution in [0.4, 0.5) is 0 Å². The first-order valence-electron chi connectivity index (χ1n) is 10.6. The number of amides is 3. The van der Waals surface area contributed by atoms with Crippen molar-refractivity contribution >= 4 is 17.7 Å². The minimum Gasteiger partial charge on any atom is -0.344 e. The lowest BCUT2D eigenvalue weighted by molar-refractivity contribution is -0.145. The van der Waals surface area contributed by atoms with Crippen molar-refractivity contribution in [3.05, 3.63) is 0 Å². The van der Waals surface area contributed by atoms with Crippen molar-refractivity contribution in [3.63, 3.8) is 0 Å². The van der Waals surface area contributed by atoms with E-state index >= 15 is 0 Å². The zero-order valence-electron chi connectivity index (χ0n) is 18.2. The van der Waals surface area contributed by atoms with Crippen LogP contribution in [0.5, 0.6) is 0 Å². The third-order valence-corrected chi connectivity index (χ3v) is 4.79. The van der Waals surface area contributed by atoms with Crippen molar-refractivity contribution < 1.29 is 14.4 Å². The maximum atomic E-state index is 12.7. The molecule has 0 aliphatic rings. The van der Waals surface area contributed by atoms with Crippen LogP contribution in [0, 0.1) is 0 Å². The first-order valence-corrected chi connectivity index (χ1v) is 10.6. The van der Waals surface area contributed by atoms with E-state index in [0.29, 0.717) is 13.1 Å². The number of nitrogens with one attached hydrogen (secondary N) is 1. The Labute approximate surface area is 166 Å². The van der Waals surface area contributed by atoms with E-state index in [1.54, 1.807) is 23.9 Å². The Morgan fingerprint density at radius 1 is 0.704 bits per heavy atom. The van der Waals surface area contributed by atoms with Crippen LogP contribution >= 0.6 is 0 Å². The molecule has 0 unspecified atom stereocenters. The third kappa shape index (κ3) is 11.7. The van der Waals surface area contributed by atoms with Crippen molar-refractivity contribution in [2.24, 2.45) is 0 Å². The van der Waals surface area contributed by atoms with Crippen LogP contribution < -0.4 is 5.32 Å². The van der Waals surface area contributed by atoms with Crippen molar-refractivity contribution in [1.82, 2.24) is 15.1 Å². The standard InChI is InChI=1S/C21H41N3O3/c1-6-8-10-12-14-16-23(4)20(26)19(22-18(3)25)21(27)24(5)17-15-13-11-9-7-2/h19H,6-17H2,1-5H3,(H,22,25). The second-order valence-corrected chi connectivity index (χ2v) is 7.48. The molecule has 0 atom stereocenters. The maximum absolute atomic E-state index is 12.7. The monoisotopic (exact) mass is 383 g/mol. The number of carbonyl (C=O) groups is 3. The van der Waals surface area contributed by atoms with Gasteiger partial charge in [0, 0.05) is 34.1 Å². The Morgan fingerprint density at radius 2 is 1.07 bits per heavy atom. The van der Waals surface area contributed by atoms with Crippen molar-refractivity contribution in [3.8, 4) is 0 Å². The molecule has 0 aliphatic carbocycles. The summed E-state index contributed by atoms with van der Waals surface area (Å²) in [5.41, 5.74) is 0. The van der Waals surface area contributed by atoms with Gasteiger partial charge in [-0.15, -0.1) is 0 Å². The van der Waals surface area contributed by atoms with E-state index in [-0.39, 0.29) is 17.7 Å². The topological polar surface area (TPSA) is 69.7 Å². The van der Waals surface area contributed by atoms with Gasteiger partial charge in [0.2, 0.25) is 5.91 Å². The summed E-state index contributed by atoms with van der Waals surface area (Å²) in [5.74, 6) is -1.03. The van der Waals surface area contributed by atoms with E-state index < -0.39 is 6.04 Å². The van der Waals surface area contributed by atoms with Gasteiger partial charge in [-0.05, 0) is 12.8 Å². The molecule has 0 bridgehead atoms. The quantitative estimate of drug-likeness (QED) is 0.348. The summed E-state index contributed by atoms with van der Waals surface area (Å²) in [6.45, 7) is 6.88. The third-order valence-electron chi connectivity index (χ3n) is 4.79. The highest BCUT2D eigenvalue weighted by atomic mass is 16.2. The first kappa shape index (κ1) is 25.4. The predicted octanol–water partition coefficient (Wildman–Crippen LogP) is 3.35. The van der Waals surface area contributed by atoms with Crippen LogP contribution in [-0.4, -0.2) is 60.7 Å². The predicted molar refractivity (Wildman–Crippen MR) is 110 cm³/mol. The summed E-state index contributed by atoms with van der Waals surface area (Å²) < 4.78 is 0. The molecule has 1 N–H and O–H groups in total. The molecular weight excluding hydrogens is 342 g/mol. The Balaban J connectivity index is 4.61. The van der Waals surface area contributed by atoms with Gasteiger partial charge in [-0.1, -0.05) is 65.2 Å². The number of likely N-dealkylation sites (N-methyl/N-ethyl adjacent to an activating group) is 2. The Morgan fingerprint density at radius 3 is 1.41 bits per heavy atom. The number of hydrogen-bond acceptors (Lipinski definition) is 3. The molecule has 0 radical (unpaired) electrons. The molecule has 0 aliphatic heterocycles. The highest BCUT2D eigenvalue weighted by Gasteiger charge is 2.32. The van der Waals surface area contributed by atoms with E-state index in [1.165, 1.54) is 32.6 Å². The second kappa shape index (κ2) is 15.5. The first-order chi connectivity index (χ1) is 12.8. The number of hydrogen-bond donors (Lipinski definition) is 1.